The Hall–Kier alpha value is -1.30. The van der Waals surface area contributed by atoms with Crippen molar-refractivity contribution in [3.63, 3.8) is 0 Å². The van der Waals surface area contributed by atoms with Gasteiger partial charge in [0, 0.05) is 24.9 Å². The van der Waals surface area contributed by atoms with Gasteiger partial charge in [-0.25, -0.2) is 0 Å². The first kappa shape index (κ1) is 17.8. The van der Waals surface area contributed by atoms with Gasteiger partial charge in [-0.05, 0) is 31.5 Å². The van der Waals surface area contributed by atoms with E-state index >= 15 is 0 Å². The van der Waals surface area contributed by atoms with Crippen molar-refractivity contribution < 1.29 is 18.0 Å². The third-order valence-electron chi connectivity index (χ3n) is 3.05. The summed E-state index contributed by atoms with van der Waals surface area (Å²) < 4.78 is 38.4. The van der Waals surface area contributed by atoms with Crippen molar-refractivity contribution in [2.75, 3.05) is 18.4 Å². The van der Waals surface area contributed by atoms with Crippen molar-refractivity contribution in [2.24, 2.45) is 0 Å². The van der Waals surface area contributed by atoms with Crippen molar-refractivity contribution in [2.45, 2.75) is 20.0 Å². The summed E-state index contributed by atoms with van der Waals surface area (Å²) in [7, 11) is 0. The first-order chi connectivity index (χ1) is 9.83. The zero-order valence-corrected chi connectivity index (χ0v) is 13.5. The van der Waals surface area contributed by atoms with Crippen LogP contribution in [-0.4, -0.2) is 29.1 Å². The van der Waals surface area contributed by atoms with Gasteiger partial charge < -0.3 is 4.90 Å². The number of benzene rings is 1. The topological polar surface area (TPSA) is 20.3 Å². The maximum Gasteiger partial charge on any atom is 0.416 e. The Balaban J connectivity index is 3.31. The first-order valence-electron chi connectivity index (χ1n) is 6.56. The van der Waals surface area contributed by atoms with Crippen LogP contribution < -0.4 is 0 Å². The van der Waals surface area contributed by atoms with Gasteiger partial charge in [0.2, 0.25) is 0 Å². The second kappa shape index (κ2) is 7.64. The summed E-state index contributed by atoms with van der Waals surface area (Å²) in [5.41, 5.74) is -0.198. The smallest absolute Gasteiger partial charge is 0.377 e. The van der Waals surface area contributed by atoms with Gasteiger partial charge in [0.15, 0.2) is 5.78 Å². The molecular formula is C15H17BrF3NO. The molecule has 0 amide bonds. The van der Waals surface area contributed by atoms with Gasteiger partial charge in [-0.3, -0.25) is 4.79 Å². The number of allylic oxidation sites excluding steroid dienone is 1. The van der Waals surface area contributed by atoms with Crippen molar-refractivity contribution in [3.8, 4) is 0 Å². The molecule has 1 aromatic rings. The number of carbonyl (C=O) groups is 1. The molecule has 116 valence electrons. The van der Waals surface area contributed by atoms with E-state index in [4.69, 9.17) is 0 Å². The number of Topliss-reactive ketones (excluding diaryl/α,β-unsaturated/α-hetero) is 1. The average molecular weight is 364 g/mol. The molecule has 1 rings (SSSR count). The molecule has 2 nitrogen and oxygen atoms in total. The van der Waals surface area contributed by atoms with E-state index in [9.17, 15) is 18.0 Å². The van der Waals surface area contributed by atoms with E-state index in [2.05, 4.69) is 15.9 Å². The van der Waals surface area contributed by atoms with Crippen LogP contribution in [-0.2, 0) is 11.0 Å². The van der Waals surface area contributed by atoms with Crippen LogP contribution in [0.1, 0.15) is 25.0 Å². The molecule has 0 atom stereocenters. The fourth-order valence-corrected chi connectivity index (χ4v) is 2.13. The number of hydrogen-bond donors (Lipinski definition) is 0. The molecule has 1 aromatic carbocycles. The number of nitrogens with zero attached hydrogens (tertiary/aromatic N) is 1. The molecule has 6 heteroatoms. The number of rotatable bonds is 6. The maximum absolute atomic E-state index is 12.8. The van der Waals surface area contributed by atoms with Crippen molar-refractivity contribution in [1.29, 1.82) is 0 Å². The number of halogens is 4. The third kappa shape index (κ3) is 4.88. The molecule has 0 heterocycles. The van der Waals surface area contributed by atoms with Gasteiger partial charge in [-0.2, -0.15) is 13.2 Å². The SMILES string of the molecule is CCN(/C=C(\C(=O)CBr)c1cccc(C(F)(F)F)c1)CC. The standard InChI is InChI=1S/C15H17BrF3NO/c1-3-20(4-2)10-13(14(21)9-16)11-6-5-7-12(8-11)15(17,18)19/h5-8,10H,3-4,9H2,1-2H3/b13-10-. The lowest BCUT2D eigenvalue weighted by molar-refractivity contribution is -0.137. The normalized spacial score (nSPS) is 12.4. The summed E-state index contributed by atoms with van der Waals surface area (Å²) in [4.78, 5) is 13.9. The number of carbonyl (C=O) groups excluding carboxylic acids is 1. The molecule has 0 fully saturated rings. The zero-order chi connectivity index (χ0) is 16.0. The lowest BCUT2D eigenvalue weighted by Crippen LogP contribution is -2.18. The molecule has 0 radical (unpaired) electrons. The number of ketones is 1. The third-order valence-corrected chi connectivity index (χ3v) is 3.56. The van der Waals surface area contributed by atoms with E-state index in [-0.39, 0.29) is 22.2 Å². The van der Waals surface area contributed by atoms with Gasteiger partial charge in [0.05, 0.1) is 10.9 Å². The highest BCUT2D eigenvalue weighted by Crippen LogP contribution is 2.31. The Bertz CT molecular complexity index is 522. The van der Waals surface area contributed by atoms with Gasteiger partial charge in [0.1, 0.15) is 0 Å². The van der Waals surface area contributed by atoms with E-state index in [1.165, 1.54) is 12.1 Å². The van der Waals surface area contributed by atoms with Crippen LogP contribution in [0.5, 0.6) is 0 Å². The molecule has 0 aliphatic carbocycles. The van der Waals surface area contributed by atoms with Crippen LogP contribution in [0.2, 0.25) is 0 Å². The molecule has 0 saturated heterocycles. The number of hydrogen-bond acceptors (Lipinski definition) is 2. The predicted octanol–water partition coefficient (Wildman–Crippen LogP) is 4.35. The Morgan fingerprint density at radius 3 is 2.38 bits per heavy atom. The molecule has 0 unspecified atom stereocenters. The van der Waals surface area contributed by atoms with Crippen LogP contribution in [0.4, 0.5) is 13.2 Å². The lowest BCUT2D eigenvalue weighted by Gasteiger charge is -2.18. The summed E-state index contributed by atoms with van der Waals surface area (Å²) in [5, 5.41) is 0.0658. The van der Waals surface area contributed by atoms with Crippen LogP contribution in [0.15, 0.2) is 30.5 Å². The molecular weight excluding hydrogens is 347 g/mol. The Morgan fingerprint density at radius 2 is 1.90 bits per heavy atom. The van der Waals surface area contributed by atoms with Crippen molar-refractivity contribution in [1.82, 2.24) is 4.90 Å². The summed E-state index contributed by atoms with van der Waals surface area (Å²) in [6.45, 7) is 5.19. The number of alkyl halides is 4. The molecule has 0 saturated carbocycles. The Kier molecular flexibility index (Phi) is 6.45. The van der Waals surface area contributed by atoms with Gasteiger partial charge >= 0.3 is 6.18 Å². The van der Waals surface area contributed by atoms with E-state index in [0.717, 1.165) is 12.1 Å². The first-order valence-corrected chi connectivity index (χ1v) is 7.68. The van der Waals surface area contributed by atoms with Crippen LogP contribution in [0, 0.1) is 0 Å². The summed E-state index contributed by atoms with van der Waals surface area (Å²) >= 11 is 3.07. The second-order valence-electron chi connectivity index (χ2n) is 4.40. The van der Waals surface area contributed by atoms with Crippen LogP contribution >= 0.6 is 15.9 Å². The fraction of sp³-hybridized carbons (Fsp3) is 0.400. The Labute approximate surface area is 130 Å². The minimum atomic E-state index is -4.42. The maximum atomic E-state index is 12.8. The summed E-state index contributed by atoms with van der Waals surface area (Å²) in [6, 6.07) is 4.84. The molecule has 0 spiro atoms. The minimum Gasteiger partial charge on any atom is -0.377 e. The van der Waals surface area contributed by atoms with Gasteiger partial charge in [0.25, 0.3) is 0 Å². The van der Waals surface area contributed by atoms with E-state index in [1.54, 1.807) is 6.20 Å². The average Bonchev–Trinajstić information content (AvgIpc) is 2.47. The fourth-order valence-electron chi connectivity index (χ4n) is 1.83. The van der Waals surface area contributed by atoms with Crippen LogP contribution in [0.25, 0.3) is 5.57 Å². The molecule has 0 aliphatic rings. The highest BCUT2D eigenvalue weighted by molar-refractivity contribution is 9.09. The highest BCUT2D eigenvalue weighted by Gasteiger charge is 2.30. The van der Waals surface area contributed by atoms with Crippen molar-refractivity contribution >= 4 is 27.3 Å². The second-order valence-corrected chi connectivity index (χ2v) is 4.96. The summed E-state index contributed by atoms with van der Waals surface area (Å²) in [6.07, 6.45) is -2.80. The largest absolute Gasteiger partial charge is 0.416 e. The quantitative estimate of drug-likeness (QED) is 0.553. The van der Waals surface area contributed by atoms with Crippen LogP contribution in [0.3, 0.4) is 0 Å². The molecule has 0 N–H and O–H groups in total. The molecule has 0 aliphatic heterocycles. The monoisotopic (exact) mass is 363 g/mol. The molecule has 21 heavy (non-hydrogen) atoms. The van der Waals surface area contributed by atoms with E-state index < -0.39 is 11.7 Å². The van der Waals surface area contributed by atoms with E-state index in [1.807, 2.05) is 18.7 Å². The predicted molar refractivity (Wildman–Crippen MR) is 81.1 cm³/mol. The summed E-state index contributed by atoms with van der Waals surface area (Å²) in [5.74, 6) is -0.249. The van der Waals surface area contributed by atoms with E-state index in [0.29, 0.717) is 13.1 Å². The zero-order valence-electron chi connectivity index (χ0n) is 11.9. The minimum absolute atomic E-state index is 0.0658. The van der Waals surface area contributed by atoms with Crippen molar-refractivity contribution in [3.05, 3.63) is 41.6 Å². The lowest BCUT2D eigenvalue weighted by atomic mass is 10.0. The molecule has 0 aromatic heterocycles. The molecule has 0 bridgehead atoms. The van der Waals surface area contributed by atoms with Gasteiger partial charge in [-0.1, -0.05) is 28.1 Å². The van der Waals surface area contributed by atoms with Gasteiger partial charge in [-0.15, -0.1) is 0 Å². The highest BCUT2D eigenvalue weighted by atomic mass is 79.9. The Morgan fingerprint density at radius 1 is 1.29 bits per heavy atom.